The van der Waals surface area contributed by atoms with Gasteiger partial charge in [0.1, 0.15) is 19.3 Å². The van der Waals surface area contributed by atoms with E-state index in [4.69, 9.17) is 9.47 Å². The van der Waals surface area contributed by atoms with Gasteiger partial charge in [-0.05, 0) is 62.2 Å². The van der Waals surface area contributed by atoms with E-state index in [0.29, 0.717) is 11.8 Å². The molecular weight excluding hydrogens is 356 g/mol. The molecule has 0 aromatic heterocycles. The molecule has 0 aliphatic heterocycles. The van der Waals surface area contributed by atoms with Crippen molar-refractivity contribution in [2.24, 2.45) is 35.5 Å². The molecule has 0 spiro atoms. The fraction of sp³-hybridized carbons (Fsp3) is 0.913. The lowest BCUT2D eigenvalue weighted by Crippen LogP contribution is -2.33. The molecule has 4 saturated carbocycles. The first-order valence-corrected chi connectivity index (χ1v) is 11.6. The van der Waals surface area contributed by atoms with Gasteiger partial charge in [0.25, 0.3) is 0 Å². The molecule has 4 aliphatic carbocycles. The minimum atomic E-state index is -0.932. The first-order valence-electron chi connectivity index (χ1n) is 11.6. The van der Waals surface area contributed by atoms with Gasteiger partial charge in [-0.1, -0.05) is 38.5 Å². The highest BCUT2D eigenvalue weighted by Gasteiger charge is 2.38. The van der Waals surface area contributed by atoms with Crippen molar-refractivity contribution in [3.05, 3.63) is 0 Å². The lowest BCUT2D eigenvalue weighted by molar-refractivity contribution is -0.159. The zero-order valence-electron chi connectivity index (χ0n) is 17.0. The molecule has 5 nitrogen and oxygen atoms in total. The molecule has 0 heterocycles. The molecule has 0 aromatic carbocycles. The first-order chi connectivity index (χ1) is 13.6. The zero-order chi connectivity index (χ0) is 19.5. The highest BCUT2D eigenvalue weighted by molar-refractivity contribution is 5.73. The van der Waals surface area contributed by atoms with Crippen molar-refractivity contribution in [3.63, 3.8) is 0 Å². The molecule has 5 heteroatoms. The van der Waals surface area contributed by atoms with Crippen molar-refractivity contribution in [2.75, 3.05) is 13.2 Å². The molecule has 0 saturated heterocycles. The van der Waals surface area contributed by atoms with Crippen LogP contribution in [0.1, 0.15) is 77.0 Å². The van der Waals surface area contributed by atoms with Gasteiger partial charge in [-0.2, -0.15) is 0 Å². The third-order valence-electron chi connectivity index (χ3n) is 8.08. The molecule has 158 valence electrons. The number of aliphatic hydroxyl groups excluding tert-OH is 1. The SMILES string of the molecule is O=C(OCC(O)COC(=O)C1CCC2CCCC2C1)C1CCC2CCCC2C1. The Kier molecular flexibility index (Phi) is 6.59. The van der Waals surface area contributed by atoms with Crippen LogP contribution >= 0.6 is 0 Å². The number of carbonyl (C=O) groups is 2. The minimum absolute atomic E-state index is 0.0179. The van der Waals surface area contributed by atoms with Gasteiger partial charge < -0.3 is 14.6 Å². The second kappa shape index (κ2) is 9.15. The quantitative estimate of drug-likeness (QED) is 0.695. The number of ether oxygens (including phenoxy) is 2. The minimum Gasteiger partial charge on any atom is -0.463 e. The molecular formula is C23H36O5. The van der Waals surface area contributed by atoms with Gasteiger partial charge in [0.05, 0.1) is 11.8 Å². The Bertz CT molecular complexity index is 513. The number of hydrogen-bond acceptors (Lipinski definition) is 5. The van der Waals surface area contributed by atoms with Crippen LogP contribution in [0.2, 0.25) is 0 Å². The molecule has 6 atom stereocenters. The van der Waals surface area contributed by atoms with E-state index >= 15 is 0 Å². The van der Waals surface area contributed by atoms with E-state index < -0.39 is 6.10 Å². The molecule has 28 heavy (non-hydrogen) atoms. The standard InChI is InChI=1S/C23H36O5/c24-21(13-27-22(25)19-9-7-15-3-1-5-17(15)11-19)14-28-23(26)20-10-8-16-4-2-6-18(16)12-20/h15-21,24H,1-14H2. The van der Waals surface area contributed by atoms with Crippen molar-refractivity contribution in [1.82, 2.24) is 0 Å². The summed E-state index contributed by atoms with van der Waals surface area (Å²) in [5, 5.41) is 10.1. The summed E-state index contributed by atoms with van der Waals surface area (Å²) in [6.45, 7) is -0.155. The number of aliphatic hydroxyl groups is 1. The summed E-state index contributed by atoms with van der Waals surface area (Å²) in [5.74, 6) is 2.60. The van der Waals surface area contributed by atoms with E-state index in [1.807, 2.05) is 0 Å². The Morgan fingerprint density at radius 3 is 1.57 bits per heavy atom. The van der Waals surface area contributed by atoms with E-state index in [-0.39, 0.29) is 37.0 Å². The number of hydrogen-bond donors (Lipinski definition) is 1. The van der Waals surface area contributed by atoms with Gasteiger partial charge in [0, 0.05) is 0 Å². The second-order valence-corrected chi connectivity index (χ2v) is 9.84. The maximum atomic E-state index is 12.3. The Hall–Kier alpha value is -1.10. The highest BCUT2D eigenvalue weighted by atomic mass is 16.6. The molecule has 6 unspecified atom stereocenters. The zero-order valence-corrected chi connectivity index (χ0v) is 17.0. The van der Waals surface area contributed by atoms with Crippen molar-refractivity contribution < 1.29 is 24.2 Å². The van der Waals surface area contributed by atoms with Crippen LogP contribution in [0.5, 0.6) is 0 Å². The molecule has 1 N–H and O–H groups in total. The van der Waals surface area contributed by atoms with Crippen LogP contribution in [0.3, 0.4) is 0 Å². The van der Waals surface area contributed by atoms with E-state index in [0.717, 1.165) is 50.4 Å². The summed E-state index contributed by atoms with van der Waals surface area (Å²) < 4.78 is 10.7. The molecule has 0 amide bonds. The Morgan fingerprint density at radius 2 is 1.11 bits per heavy atom. The number of carbonyl (C=O) groups excluding carboxylic acids is 2. The predicted molar refractivity (Wildman–Crippen MR) is 104 cm³/mol. The Balaban J connectivity index is 1.13. The first kappa shape index (κ1) is 20.2. The van der Waals surface area contributed by atoms with E-state index in [1.54, 1.807) is 0 Å². The molecule has 4 fully saturated rings. The molecule has 0 bridgehead atoms. The average molecular weight is 393 g/mol. The van der Waals surface area contributed by atoms with Crippen LogP contribution in [-0.4, -0.2) is 36.4 Å². The molecule has 0 aromatic rings. The number of rotatable bonds is 6. The maximum absolute atomic E-state index is 12.3. The van der Waals surface area contributed by atoms with Crippen molar-refractivity contribution in [1.29, 1.82) is 0 Å². The summed E-state index contributed by atoms with van der Waals surface area (Å²) >= 11 is 0. The van der Waals surface area contributed by atoms with Gasteiger partial charge in [0.2, 0.25) is 0 Å². The lowest BCUT2D eigenvalue weighted by atomic mass is 9.76. The van der Waals surface area contributed by atoms with E-state index in [1.165, 1.54) is 38.5 Å². The predicted octanol–water partition coefficient (Wildman–Crippen LogP) is 3.87. The maximum Gasteiger partial charge on any atom is 0.309 e. The average Bonchev–Trinajstić information content (AvgIpc) is 3.37. The van der Waals surface area contributed by atoms with E-state index in [9.17, 15) is 14.7 Å². The van der Waals surface area contributed by atoms with Gasteiger partial charge in [-0.15, -0.1) is 0 Å². The summed E-state index contributed by atoms with van der Waals surface area (Å²) in [6, 6.07) is 0. The Morgan fingerprint density at radius 1 is 0.679 bits per heavy atom. The van der Waals surface area contributed by atoms with E-state index in [2.05, 4.69) is 0 Å². The van der Waals surface area contributed by atoms with Crippen LogP contribution in [0, 0.1) is 35.5 Å². The van der Waals surface area contributed by atoms with Crippen LogP contribution in [0.15, 0.2) is 0 Å². The Labute approximate surface area is 168 Å². The number of esters is 2. The monoisotopic (exact) mass is 392 g/mol. The van der Waals surface area contributed by atoms with Gasteiger partial charge in [0.15, 0.2) is 0 Å². The van der Waals surface area contributed by atoms with Crippen molar-refractivity contribution in [3.8, 4) is 0 Å². The third-order valence-corrected chi connectivity index (χ3v) is 8.08. The fourth-order valence-electron chi connectivity index (χ4n) is 6.47. The summed E-state index contributed by atoms with van der Waals surface area (Å²) in [4.78, 5) is 24.7. The largest absolute Gasteiger partial charge is 0.463 e. The molecule has 4 aliphatic rings. The summed E-state index contributed by atoms with van der Waals surface area (Å²) in [7, 11) is 0. The summed E-state index contributed by atoms with van der Waals surface area (Å²) in [5.41, 5.74) is 0. The fourth-order valence-corrected chi connectivity index (χ4v) is 6.47. The second-order valence-electron chi connectivity index (χ2n) is 9.84. The van der Waals surface area contributed by atoms with Crippen LogP contribution in [-0.2, 0) is 19.1 Å². The van der Waals surface area contributed by atoms with Gasteiger partial charge in [-0.3, -0.25) is 9.59 Å². The molecule has 0 radical (unpaired) electrons. The smallest absolute Gasteiger partial charge is 0.309 e. The van der Waals surface area contributed by atoms with Gasteiger partial charge >= 0.3 is 11.9 Å². The van der Waals surface area contributed by atoms with Crippen LogP contribution < -0.4 is 0 Å². The lowest BCUT2D eigenvalue weighted by Gasteiger charge is -2.31. The summed E-state index contributed by atoms with van der Waals surface area (Å²) in [6.07, 6.45) is 12.8. The highest BCUT2D eigenvalue weighted by Crippen LogP contribution is 2.45. The van der Waals surface area contributed by atoms with Crippen molar-refractivity contribution in [2.45, 2.75) is 83.2 Å². The van der Waals surface area contributed by atoms with Crippen molar-refractivity contribution >= 4 is 11.9 Å². The van der Waals surface area contributed by atoms with Crippen LogP contribution in [0.25, 0.3) is 0 Å². The topological polar surface area (TPSA) is 72.8 Å². The normalized spacial score (nSPS) is 38.3. The van der Waals surface area contributed by atoms with Gasteiger partial charge in [-0.25, -0.2) is 0 Å². The van der Waals surface area contributed by atoms with Crippen LogP contribution in [0.4, 0.5) is 0 Å². The third kappa shape index (κ3) is 4.72. The number of fused-ring (bicyclic) bond motifs is 2. The molecule has 4 rings (SSSR count).